The summed E-state index contributed by atoms with van der Waals surface area (Å²) in [6.45, 7) is 8.48. The number of nitrogens with zero attached hydrogens (tertiary/aromatic N) is 7. The lowest BCUT2D eigenvalue weighted by atomic mass is 10.2. The third kappa shape index (κ3) is 9.42. The van der Waals surface area contributed by atoms with Gasteiger partial charge in [-0.25, -0.2) is 14.6 Å². The standard InChI is InChI=1S/C29H36F6N8O4Si/c1-19(39-22-15-38-43(18-47-11-12-48(2,3)4)26(46)24(22)29(33,34)35)16-40-6-5-23(44)21(17-40)25(45)41-7-9-42(10-8-41)27-36-13-20(14-37-27)28(30,31)32/h5-6,13-15,17,19,39H,7-12,16,18H2,1-4H3. The first-order valence-electron chi connectivity index (χ1n) is 15.0. The zero-order chi connectivity index (χ0) is 35.4. The molecule has 0 aromatic carbocycles. The summed E-state index contributed by atoms with van der Waals surface area (Å²) in [7, 11) is -1.45. The molecule has 4 rings (SSSR count). The SMILES string of the molecule is CC(Cn1ccc(=O)c(C(=O)N2CCN(c3ncc(C(F)(F)F)cn3)CC2)c1)Nc1cnn(COCC[Si](C)(C)C)c(=O)c1C(F)(F)F. The van der Waals surface area contributed by atoms with Crippen molar-refractivity contribution in [3.8, 4) is 0 Å². The first-order valence-corrected chi connectivity index (χ1v) is 18.7. The van der Waals surface area contributed by atoms with E-state index in [4.69, 9.17) is 4.74 Å². The summed E-state index contributed by atoms with van der Waals surface area (Å²) in [4.78, 5) is 49.2. The summed E-state index contributed by atoms with van der Waals surface area (Å²) in [6, 6.07) is 1.22. The van der Waals surface area contributed by atoms with Gasteiger partial charge in [0.2, 0.25) is 5.95 Å². The molecule has 0 spiro atoms. The Morgan fingerprint density at radius 3 is 2.23 bits per heavy atom. The number of anilines is 2. The van der Waals surface area contributed by atoms with E-state index in [2.05, 4.69) is 40.0 Å². The van der Waals surface area contributed by atoms with Crippen molar-refractivity contribution in [1.82, 2.24) is 29.2 Å². The van der Waals surface area contributed by atoms with Crippen molar-refractivity contribution < 1.29 is 35.9 Å². The van der Waals surface area contributed by atoms with Crippen LogP contribution in [0.15, 0.2) is 46.6 Å². The minimum absolute atomic E-state index is 0.0137. The molecule has 48 heavy (non-hydrogen) atoms. The minimum Gasteiger partial charge on any atom is -0.379 e. The Kier molecular flexibility index (Phi) is 11.0. The molecule has 262 valence electrons. The van der Waals surface area contributed by atoms with Crippen LogP contribution in [0, 0.1) is 0 Å². The summed E-state index contributed by atoms with van der Waals surface area (Å²) in [6.07, 6.45) is -4.59. The monoisotopic (exact) mass is 702 g/mol. The Labute approximate surface area is 272 Å². The summed E-state index contributed by atoms with van der Waals surface area (Å²) < 4.78 is 88.0. The fraction of sp³-hybridized carbons (Fsp3) is 0.517. The summed E-state index contributed by atoms with van der Waals surface area (Å²) >= 11 is 0. The van der Waals surface area contributed by atoms with E-state index in [0.29, 0.717) is 23.7 Å². The van der Waals surface area contributed by atoms with Gasteiger partial charge in [-0.3, -0.25) is 14.4 Å². The number of aromatic nitrogens is 5. The van der Waals surface area contributed by atoms with Crippen molar-refractivity contribution in [1.29, 1.82) is 0 Å². The topological polar surface area (TPSA) is 127 Å². The predicted octanol–water partition coefficient (Wildman–Crippen LogP) is 4.01. The van der Waals surface area contributed by atoms with Crippen LogP contribution in [0.4, 0.5) is 38.0 Å². The van der Waals surface area contributed by atoms with Crippen molar-refractivity contribution in [3.63, 3.8) is 0 Å². The number of amides is 1. The highest BCUT2D eigenvalue weighted by Crippen LogP contribution is 2.32. The molecule has 4 heterocycles. The highest BCUT2D eigenvalue weighted by atomic mass is 28.3. The third-order valence-corrected chi connectivity index (χ3v) is 9.15. The Balaban J connectivity index is 1.40. The molecule has 0 bridgehead atoms. The van der Waals surface area contributed by atoms with Gasteiger partial charge in [0.15, 0.2) is 5.43 Å². The molecular weight excluding hydrogens is 666 g/mol. The summed E-state index contributed by atoms with van der Waals surface area (Å²) in [5, 5.41) is 6.53. The molecule has 1 unspecified atom stereocenters. The highest BCUT2D eigenvalue weighted by Gasteiger charge is 2.38. The van der Waals surface area contributed by atoms with Crippen LogP contribution in [0.5, 0.6) is 0 Å². The zero-order valence-corrected chi connectivity index (χ0v) is 27.7. The smallest absolute Gasteiger partial charge is 0.379 e. The van der Waals surface area contributed by atoms with Gasteiger partial charge in [-0.1, -0.05) is 19.6 Å². The first-order chi connectivity index (χ1) is 22.3. The number of hydrogen-bond acceptors (Lipinski definition) is 9. The Morgan fingerprint density at radius 2 is 1.65 bits per heavy atom. The van der Waals surface area contributed by atoms with Crippen LogP contribution >= 0.6 is 0 Å². The van der Waals surface area contributed by atoms with Crippen LogP contribution < -0.4 is 21.2 Å². The average molecular weight is 703 g/mol. The molecular formula is C29H36F6N8O4Si. The number of nitrogens with one attached hydrogen (secondary N) is 1. The highest BCUT2D eigenvalue weighted by molar-refractivity contribution is 6.76. The molecule has 1 N–H and O–H groups in total. The van der Waals surface area contributed by atoms with Crippen LogP contribution in [0.2, 0.25) is 25.7 Å². The van der Waals surface area contributed by atoms with E-state index in [1.165, 1.54) is 21.9 Å². The van der Waals surface area contributed by atoms with E-state index < -0.39 is 66.9 Å². The van der Waals surface area contributed by atoms with Gasteiger partial charge in [0.05, 0.1) is 17.4 Å². The molecule has 1 atom stereocenters. The van der Waals surface area contributed by atoms with Crippen molar-refractivity contribution in [2.75, 3.05) is 43.0 Å². The molecule has 19 heteroatoms. The largest absolute Gasteiger partial charge is 0.423 e. The number of pyridine rings is 1. The van der Waals surface area contributed by atoms with Crippen molar-refractivity contribution in [3.05, 3.63) is 74.3 Å². The fourth-order valence-electron chi connectivity index (χ4n) is 4.83. The predicted molar refractivity (Wildman–Crippen MR) is 167 cm³/mol. The molecule has 1 aliphatic rings. The van der Waals surface area contributed by atoms with Gasteiger partial charge in [0.25, 0.3) is 11.5 Å². The second-order valence-corrected chi connectivity index (χ2v) is 18.2. The normalized spacial score (nSPS) is 15.0. The molecule has 3 aromatic rings. The lowest BCUT2D eigenvalue weighted by Gasteiger charge is -2.34. The number of rotatable bonds is 11. The molecule has 0 aliphatic carbocycles. The third-order valence-electron chi connectivity index (χ3n) is 7.45. The molecule has 1 amide bonds. The lowest BCUT2D eigenvalue weighted by Crippen LogP contribution is -2.50. The quantitative estimate of drug-likeness (QED) is 0.179. The van der Waals surface area contributed by atoms with Crippen molar-refractivity contribution in [2.24, 2.45) is 0 Å². The molecule has 12 nitrogen and oxygen atoms in total. The number of carbonyl (C=O) groups excluding carboxylic acids is 1. The molecule has 0 saturated carbocycles. The van der Waals surface area contributed by atoms with Crippen LogP contribution in [-0.2, 0) is 30.4 Å². The van der Waals surface area contributed by atoms with E-state index in [1.807, 2.05) is 0 Å². The number of hydrogen-bond donors (Lipinski definition) is 1. The van der Waals surface area contributed by atoms with E-state index in [1.54, 1.807) is 11.8 Å². The maximum Gasteiger partial charge on any atom is 0.423 e. The van der Waals surface area contributed by atoms with Gasteiger partial charge in [-0.2, -0.15) is 31.4 Å². The van der Waals surface area contributed by atoms with Crippen LogP contribution in [0.1, 0.15) is 28.4 Å². The summed E-state index contributed by atoms with van der Waals surface area (Å²) in [5.74, 6) is -0.507. The Morgan fingerprint density at radius 1 is 1.00 bits per heavy atom. The van der Waals surface area contributed by atoms with E-state index in [0.717, 1.165) is 18.3 Å². The van der Waals surface area contributed by atoms with E-state index in [-0.39, 0.29) is 44.2 Å². The first kappa shape index (κ1) is 36.6. The number of carbonyl (C=O) groups is 1. The molecule has 1 saturated heterocycles. The molecule has 1 aliphatic heterocycles. The van der Waals surface area contributed by atoms with Gasteiger partial charge in [0.1, 0.15) is 17.9 Å². The number of alkyl halides is 6. The number of ether oxygens (including phenoxy) is 1. The molecule has 1 fully saturated rings. The zero-order valence-electron chi connectivity index (χ0n) is 26.7. The maximum absolute atomic E-state index is 14.0. The van der Waals surface area contributed by atoms with Crippen molar-refractivity contribution >= 4 is 25.6 Å². The summed E-state index contributed by atoms with van der Waals surface area (Å²) in [5.41, 5.74) is -5.01. The van der Waals surface area contributed by atoms with Gasteiger partial charge in [-0.15, -0.1) is 0 Å². The number of halogens is 6. The van der Waals surface area contributed by atoms with E-state index in [9.17, 15) is 40.7 Å². The molecule has 3 aromatic heterocycles. The second-order valence-electron chi connectivity index (χ2n) is 12.6. The number of piperazine rings is 1. The van der Waals surface area contributed by atoms with Crippen LogP contribution in [0.25, 0.3) is 0 Å². The Bertz CT molecular complexity index is 1700. The van der Waals surface area contributed by atoms with Crippen molar-refractivity contribution in [2.45, 2.75) is 64.3 Å². The maximum atomic E-state index is 14.0. The molecule has 0 radical (unpaired) electrons. The van der Waals surface area contributed by atoms with Gasteiger partial charge >= 0.3 is 12.4 Å². The van der Waals surface area contributed by atoms with Crippen LogP contribution in [-0.4, -0.2) is 82.0 Å². The van der Waals surface area contributed by atoms with Crippen LogP contribution in [0.3, 0.4) is 0 Å². The van der Waals surface area contributed by atoms with Gasteiger partial charge in [-0.05, 0) is 13.0 Å². The van der Waals surface area contributed by atoms with Gasteiger partial charge in [0, 0.05) is 84.3 Å². The minimum atomic E-state index is -4.98. The Hall–Kier alpha value is -4.26. The fourth-order valence-corrected chi connectivity index (χ4v) is 5.59. The van der Waals surface area contributed by atoms with Gasteiger partial charge < -0.3 is 24.4 Å². The average Bonchev–Trinajstić information content (AvgIpc) is 2.99. The second kappa shape index (κ2) is 14.5. The van der Waals surface area contributed by atoms with E-state index >= 15 is 0 Å². The lowest BCUT2D eigenvalue weighted by molar-refractivity contribution is -0.139.